The van der Waals surface area contributed by atoms with Crippen molar-refractivity contribution >= 4 is 31.2 Å². The lowest BCUT2D eigenvalue weighted by Gasteiger charge is -2.11. The van der Waals surface area contributed by atoms with Crippen molar-refractivity contribution in [1.82, 2.24) is 4.83 Å². The Morgan fingerprint density at radius 2 is 1.38 bits per heavy atom. The van der Waals surface area contributed by atoms with E-state index in [1.165, 1.54) is 37.4 Å². The van der Waals surface area contributed by atoms with Crippen LogP contribution in [0.4, 0.5) is 11.4 Å². The van der Waals surface area contributed by atoms with E-state index in [-0.39, 0.29) is 32.0 Å². The van der Waals surface area contributed by atoms with Crippen molar-refractivity contribution in [2.24, 2.45) is 0 Å². The van der Waals surface area contributed by atoms with Gasteiger partial charge in [-0.15, -0.1) is 4.83 Å². The first-order valence-electron chi connectivity index (χ1n) is 10.0. The summed E-state index contributed by atoms with van der Waals surface area (Å²) in [6, 6.07) is 15.4. The maximum atomic E-state index is 12.9. The predicted octanol–water partition coefficient (Wildman–Crippen LogP) is 3.87. The molecule has 0 aromatic heterocycles. The number of methoxy groups -OCH3 is 1. The van der Waals surface area contributed by atoms with E-state index in [0.29, 0.717) is 0 Å². The maximum Gasteiger partial charge on any atom is 0.312 e. The Hall–Kier alpha value is -3.48. The fraction of sp³-hybridized carbons (Fsp3) is 0.182. The Morgan fingerprint density at radius 1 is 0.853 bits per heavy atom. The van der Waals surface area contributed by atoms with Gasteiger partial charge in [0.05, 0.1) is 26.7 Å². The number of rotatable bonds is 9. The molecule has 0 saturated heterocycles. The third-order valence-electron chi connectivity index (χ3n) is 5.01. The number of nitro benzene ring substituents is 1. The van der Waals surface area contributed by atoms with Gasteiger partial charge in [0, 0.05) is 11.8 Å². The molecule has 180 valence electrons. The van der Waals surface area contributed by atoms with E-state index >= 15 is 0 Å². The lowest BCUT2D eigenvalue weighted by molar-refractivity contribution is -0.386. The molecule has 0 saturated carbocycles. The molecule has 0 aliphatic carbocycles. The third kappa shape index (κ3) is 5.35. The summed E-state index contributed by atoms with van der Waals surface area (Å²) in [6.45, 7) is 4.03. The van der Waals surface area contributed by atoms with Crippen molar-refractivity contribution in [1.29, 1.82) is 0 Å². The molecule has 10 nitrogen and oxygen atoms in total. The molecule has 0 heterocycles. The van der Waals surface area contributed by atoms with Crippen LogP contribution < -0.4 is 15.0 Å². The molecule has 0 amide bonds. The Morgan fingerprint density at radius 3 is 1.88 bits per heavy atom. The molecule has 0 fully saturated rings. The zero-order valence-corrected chi connectivity index (χ0v) is 20.2. The minimum atomic E-state index is -4.17. The summed E-state index contributed by atoms with van der Waals surface area (Å²) in [5, 5.41) is 11.1. The summed E-state index contributed by atoms with van der Waals surface area (Å²) in [5.74, 6) is 0.197. The van der Waals surface area contributed by atoms with Crippen LogP contribution in [0.15, 0.2) is 81.4 Å². The molecule has 0 radical (unpaired) electrons. The second-order valence-electron chi connectivity index (χ2n) is 7.57. The minimum absolute atomic E-state index is 0.0454. The molecule has 3 rings (SSSR count). The van der Waals surface area contributed by atoms with E-state index in [1.54, 1.807) is 24.3 Å². The molecule has 12 heteroatoms. The van der Waals surface area contributed by atoms with Gasteiger partial charge in [-0.1, -0.05) is 26.0 Å². The molecular formula is C22H23N3O7S2. The Bertz CT molecular complexity index is 1400. The Kier molecular flexibility index (Phi) is 7.24. The molecule has 0 atom stereocenters. The van der Waals surface area contributed by atoms with E-state index in [4.69, 9.17) is 4.74 Å². The van der Waals surface area contributed by atoms with Crippen molar-refractivity contribution in [3.63, 3.8) is 0 Å². The van der Waals surface area contributed by atoms with Gasteiger partial charge in [0.25, 0.3) is 10.0 Å². The number of hydrogen-bond donors (Lipinski definition) is 2. The molecule has 0 aliphatic heterocycles. The standard InChI is InChI=1S/C22H23N3O7S2/c1-15(2)16-4-8-18(9-5-16)33(28,29)19-10-6-17(7-11-19)23-24-34(30,31)20-12-13-22(32-3)21(14-20)25(26)27/h4-15,23-24H,1-3H3. The number of nitrogens with zero attached hydrogens (tertiary/aromatic N) is 1. The van der Waals surface area contributed by atoms with E-state index in [9.17, 15) is 26.9 Å². The number of hydrazine groups is 1. The summed E-state index contributed by atoms with van der Waals surface area (Å²) >= 11 is 0. The van der Waals surface area contributed by atoms with Gasteiger partial charge < -0.3 is 10.2 Å². The van der Waals surface area contributed by atoms with Crippen molar-refractivity contribution in [3.05, 3.63) is 82.4 Å². The van der Waals surface area contributed by atoms with E-state index in [0.717, 1.165) is 17.7 Å². The summed E-state index contributed by atoms with van der Waals surface area (Å²) in [6.07, 6.45) is 0. The SMILES string of the molecule is COc1ccc(S(=O)(=O)NNc2ccc(S(=O)(=O)c3ccc(C(C)C)cc3)cc2)cc1[N+](=O)[O-]. The van der Waals surface area contributed by atoms with E-state index < -0.39 is 30.5 Å². The molecule has 3 aromatic carbocycles. The first kappa shape index (κ1) is 25.1. The predicted molar refractivity (Wildman–Crippen MR) is 126 cm³/mol. The number of nitro groups is 1. The molecule has 2 N–H and O–H groups in total. The van der Waals surface area contributed by atoms with Gasteiger partial charge in [-0.25, -0.2) is 16.8 Å². The average Bonchev–Trinajstić information content (AvgIpc) is 2.82. The van der Waals surface area contributed by atoms with Crippen molar-refractivity contribution in [2.75, 3.05) is 12.5 Å². The molecule has 34 heavy (non-hydrogen) atoms. The number of hydrogen-bond acceptors (Lipinski definition) is 8. The monoisotopic (exact) mass is 505 g/mol. The van der Waals surface area contributed by atoms with Gasteiger partial charge in [-0.05, 0) is 60.0 Å². The van der Waals surface area contributed by atoms with Gasteiger partial charge in [-0.2, -0.15) is 0 Å². The summed E-state index contributed by atoms with van der Waals surface area (Å²) in [7, 11) is -6.68. The number of sulfone groups is 1. The van der Waals surface area contributed by atoms with Crippen LogP contribution in [0.3, 0.4) is 0 Å². The first-order valence-corrected chi connectivity index (χ1v) is 13.0. The third-order valence-corrected chi connectivity index (χ3v) is 8.04. The number of nitrogens with one attached hydrogen (secondary N) is 2. The zero-order valence-electron chi connectivity index (χ0n) is 18.5. The summed E-state index contributed by atoms with van der Waals surface area (Å²) in [5.41, 5.74) is 3.25. The van der Waals surface area contributed by atoms with Crippen molar-refractivity contribution < 1.29 is 26.5 Å². The van der Waals surface area contributed by atoms with Gasteiger partial charge in [0.1, 0.15) is 0 Å². The molecular weight excluding hydrogens is 482 g/mol. The highest BCUT2D eigenvalue weighted by Crippen LogP contribution is 2.29. The van der Waals surface area contributed by atoms with Gasteiger partial charge in [0.2, 0.25) is 9.84 Å². The van der Waals surface area contributed by atoms with Crippen LogP contribution in [0.25, 0.3) is 0 Å². The normalized spacial score (nSPS) is 11.9. The van der Waals surface area contributed by atoms with Gasteiger partial charge in [0.15, 0.2) is 5.75 Å². The van der Waals surface area contributed by atoms with Crippen LogP contribution in [0, 0.1) is 10.1 Å². The number of benzene rings is 3. The fourth-order valence-corrected chi connectivity index (χ4v) is 5.20. The number of anilines is 1. The Balaban J connectivity index is 1.76. The van der Waals surface area contributed by atoms with Gasteiger partial charge in [-0.3, -0.25) is 10.1 Å². The first-order chi connectivity index (χ1) is 16.0. The topological polar surface area (TPSA) is 145 Å². The fourth-order valence-electron chi connectivity index (χ4n) is 3.05. The molecule has 3 aromatic rings. The highest BCUT2D eigenvalue weighted by molar-refractivity contribution is 7.91. The molecule has 0 unspecified atom stereocenters. The van der Waals surface area contributed by atoms with Crippen LogP contribution in [0.1, 0.15) is 25.3 Å². The van der Waals surface area contributed by atoms with Crippen LogP contribution in [-0.4, -0.2) is 28.9 Å². The van der Waals surface area contributed by atoms with E-state index in [2.05, 4.69) is 10.3 Å². The highest BCUT2D eigenvalue weighted by atomic mass is 32.2. The second kappa shape index (κ2) is 9.79. The lowest BCUT2D eigenvalue weighted by Crippen LogP contribution is -2.29. The molecule has 0 bridgehead atoms. The molecule has 0 aliphatic rings. The Labute approximate surface area is 197 Å². The van der Waals surface area contributed by atoms with Crippen LogP contribution in [0.5, 0.6) is 5.75 Å². The highest BCUT2D eigenvalue weighted by Gasteiger charge is 2.22. The largest absolute Gasteiger partial charge is 0.490 e. The van der Waals surface area contributed by atoms with E-state index in [1.807, 2.05) is 13.8 Å². The number of ether oxygens (including phenoxy) is 1. The molecule has 0 spiro atoms. The van der Waals surface area contributed by atoms with Crippen molar-refractivity contribution in [3.8, 4) is 5.75 Å². The summed E-state index contributed by atoms with van der Waals surface area (Å²) in [4.78, 5) is 12.4. The average molecular weight is 506 g/mol. The van der Waals surface area contributed by atoms with Crippen LogP contribution >= 0.6 is 0 Å². The lowest BCUT2D eigenvalue weighted by atomic mass is 10.0. The smallest absolute Gasteiger partial charge is 0.312 e. The minimum Gasteiger partial charge on any atom is -0.490 e. The van der Waals surface area contributed by atoms with Crippen molar-refractivity contribution in [2.45, 2.75) is 34.5 Å². The number of sulfonamides is 1. The maximum absolute atomic E-state index is 12.9. The van der Waals surface area contributed by atoms with Crippen LogP contribution in [0.2, 0.25) is 0 Å². The quantitative estimate of drug-likeness (QED) is 0.329. The summed E-state index contributed by atoms with van der Waals surface area (Å²) < 4.78 is 55.7. The zero-order chi connectivity index (χ0) is 25.1. The van der Waals surface area contributed by atoms with Crippen LogP contribution in [-0.2, 0) is 19.9 Å². The second-order valence-corrected chi connectivity index (χ2v) is 11.2. The van der Waals surface area contributed by atoms with Gasteiger partial charge >= 0.3 is 5.69 Å².